The average Bonchev–Trinajstić information content (AvgIpc) is 3.05. The van der Waals surface area contributed by atoms with Gasteiger partial charge in [-0.15, -0.1) is 24.0 Å². The molecule has 0 aliphatic carbocycles. The molecule has 0 fully saturated rings. The molecule has 140 valence electrons. The molecule has 5 nitrogen and oxygen atoms in total. The molecule has 1 unspecified atom stereocenters. The second-order valence-electron chi connectivity index (χ2n) is 5.80. The fourth-order valence-electron chi connectivity index (χ4n) is 2.52. The first-order valence-corrected chi connectivity index (χ1v) is 8.99. The fraction of sp³-hybridized carbons (Fsp3) is 0.722. The Kier molecular flexibility index (Phi) is 14.1. The van der Waals surface area contributed by atoms with Crippen molar-refractivity contribution in [3.8, 4) is 0 Å². The van der Waals surface area contributed by atoms with Gasteiger partial charge < -0.3 is 20.0 Å². The third-order valence-electron chi connectivity index (χ3n) is 3.94. The van der Waals surface area contributed by atoms with Gasteiger partial charge in [-0.25, -0.2) is 0 Å². The summed E-state index contributed by atoms with van der Waals surface area (Å²) in [6, 6.07) is 4.33. The summed E-state index contributed by atoms with van der Waals surface area (Å²) in [7, 11) is 0. The zero-order valence-electron chi connectivity index (χ0n) is 15.7. The molecule has 0 saturated carbocycles. The van der Waals surface area contributed by atoms with Gasteiger partial charge in [-0.05, 0) is 58.5 Å². The van der Waals surface area contributed by atoms with Crippen LogP contribution < -0.4 is 10.6 Å². The summed E-state index contributed by atoms with van der Waals surface area (Å²) in [5.41, 5.74) is 0. The standard InChI is InChI=1S/C18H34N4O.HI/c1-5-19-18(20-13-12-17-11-9-15-23-17)21-16(4)10-8-14-22(6-2)7-3;/h9,11,15-16H,5-8,10,12-14H2,1-4H3,(H2,19,20,21);1H. The van der Waals surface area contributed by atoms with Crippen molar-refractivity contribution in [2.24, 2.45) is 4.99 Å². The number of hydrogen-bond acceptors (Lipinski definition) is 3. The molecule has 1 rings (SSSR count). The average molecular weight is 450 g/mol. The minimum atomic E-state index is 0. The highest BCUT2D eigenvalue weighted by molar-refractivity contribution is 14.0. The highest BCUT2D eigenvalue weighted by Gasteiger charge is 2.06. The second kappa shape index (κ2) is 14.6. The lowest BCUT2D eigenvalue weighted by molar-refractivity contribution is 0.292. The van der Waals surface area contributed by atoms with E-state index < -0.39 is 0 Å². The van der Waals surface area contributed by atoms with E-state index in [9.17, 15) is 0 Å². The van der Waals surface area contributed by atoms with E-state index in [1.165, 1.54) is 13.0 Å². The molecule has 2 N–H and O–H groups in total. The molecule has 1 aromatic heterocycles. The monoisotopic (exact) mass is 450 g/mol. The normalized spacial score (nSPS) is 12.8. The topological polar surface area (TPSA) is 52.8 Å². The Morgan fingerprint density at radius 3 is 2.62 bits per heavy atom. The van der Waals surface area contributed by atoms with Crippen LogP contribution >= 0.6 is 24.0 Å². The lowest BCUT2D eigenvalue weighted by atomic mass is 10.2. The zero-order chi connectivity index (χ0) is 16.9. The van der Waals surface area contributed by atoms with Crippen LogP contribution in [0.5, 0.6) is 0 Å². The predicted molar refractivity (Wildman–Crippen MR) is 113 cm³/mol. The number of nitrogens with one attached hydrogen (secondary N) is 2. The number of rotatable bonds is 11. The summed E-state index contributed by atoms with van der Waals surface area (Å²) in [5, 5.41) is 6.81. The molecule has 0 aliphatic heterocycles. The fourth-order valence-corrected chi connectivity index (χ4v) is 2.52. The van der Waals surface area contributed by atoms with Crippen molar-refractivity contribution in [2.75, 3.05) is 32.7 Å². The van der Waals surface area contributed by atoms with Crippen molar-refractivity contribution in [1.82, 2.24) is 15.5 Å². The Labute approximate surface area is 164 Å². The number of halogens is 1. The number of furan rings is 1. The van der Waals surface area contributed by atoms with Crippen molar-refractivity contribution in [2.45, 2.75) is 53.0 Å². The highest BCUT2D eigenvalue weighted by atomic mass is 127. The largest absolute Gasteiger partial charge is 0.469 e. The maximum atomic E-state index is 5.34. The van der Waals surface area contributed by atoms with Gasteiger partial charge in [0.1, 0.15) is 5.76 Å². The first kappa shape index (κ1) is 23.2. The van der Waals surface area contributed by atoms with Crippen LogP contribution in [-0.2, 0) is 6.42 Å². The van der Waals surface area contributed by atoms with E-state index in [-0.39, 0.29) is 24.0 Å². The van der Waals surface area contributed by atoms with Gasteiger partial charge in [0.25, 0.3) is 0 Å². The Balaban J connectivity index is 0.00000529. The minimum absolute atomic E-state index is 0. The van der Waals surface area contributed by atoms with Crippen molar-refractivity contribution < 1.29 is 4.42 Å². The quantitative estimate of drug-likeness (QED) is 0.308. The summed E-state index contributed by atoms with van der Waals surface area (Å²) < 4.78 is 5.34. The Morgan fingerprint density at radius 2 is 2.04 bits per heavy atom. The molecule has 0 radical (unpaired) electrons. The number of guanidine groups is 1. The van der Waals surface area contributed by atoms with Crippen molar-refractivity contribution in [1.29, 1.82) is 0 Å². The molecule has 0 saturated heterocycles. The van der Waals surface area contributed by atoms with Crippen LogP contribution in [0.25, 0.3) is 0 Å². The predicted octanol–water partition coefficient (Wildman–Crippen LogP) is 3.51. The summed E-state index contributed by atoms with van der Waals surface area (Å²) in [4.78, 5) is 7.10. The van der Waals surface area contributed by atoms with Gasteiger partial charge in [-0.1, -0.05) is 13.8 Å². The Hall–Kier alpha value is -0.760. The Bertz CT molecular complexity index is 419. The number of hydrogen-bond donors (Lipinski definition) is 2. The molecule has 0 bridgehead atoms. The molecule has 1 aromatic rings. The molecular formula is C18H35IN4O. The third-order valence-corrected chi connectivity index (χ3v) is 3.94. The van der Waals surface area contributed by atoms with Gasteiger partial charge in [0, 0.05) is 25.6 Å². The van der Waals surface area contributed by atoms with Gasteiger partial charge in [0.15, 0.2) is 5.96 Å². The zero-order valence-corrected chi connectivity index (χ0v) is 18.0. The van der Waals surface area contributed by atoms with Crippen LogP contribution in [0.1, 0.15) is 46.3 Å². The number of aliphatic imine (C=N–C) groups is 1. The maximum Gasteiger partial charge on any atom is 0.191 e. The number of nitrogens with zero attached hydrogens (tertiary/aromatic N) is 2. The smallest absolute Gasteiger partial charge is 0.191 e. The van der Waals surface area contributed by atoms with E-state index in [1.54, 1.807) is 6.26 Å². The molecule has 1 atom stereocenters. The van der Waals surface area contributed by atoms with Crippen molar-refractivity contribution >= 4 is 29.9 Å². The van der Waals surface area contributed by atoms with E-state index in [1.807, 2.05) is 12.1 Å². The SMILES string of the molecule is CCNC(=NCCc1ccco1)NC(C)CCCN(CC)CC.I. The molecule has 0 spiro atoms. The third kappa shape index (κ3) is 10.2. The molecule has 1 heterocycles. The maximum absolute atomic E-state index is 5.34. The van der Waals surface area contributed by atoms with Gasteiger partial charge in [0.2, 0.25) is 0 Å². The summed E-state index contributed by atoms with van der Waals surface area (Å²) >= 11 is 0. The van der Waals surface area contributed by atoms with E-state index in [2.05, 4.69) is 48.2 Å². The van der Waals surface area contributed by atoms with Crippen molar-refractivity contribution in [3.05, 3.63) is 24.2 Å². The minimum Gasteiger partial charge on any atom is -0.469 e. The first-order chi connectivity index (χ1) is 11.2. The van der Waals surface area contributed by atoms with Crippen molar-refractivity contribution in [3.63, 3.8) is 0 Å². The second-order valence-corrected chi connectivity index (χ2v) is 5.80. The summed E-state index contributed by atoms with van der Waals surface area (Å²) in [6.45, 7) is 13.8. The summed E-state index contributed by atoms with van der Waals surface area (Å²) in [6.07, 6.45) is 4.90. The van der Waals surface area contributed by atoms with E-state index in [4.69, 9.17) is 4.42 Å². The molecule has 6 heteroatoms. The lowest BCUT2D eigenvalue weighted by Gasteiger charge is -2.21. The summed E-state index contributed by atoms with van der Waals surface area (Å²) in [5.74, 6) is 1.88. The van der Waals surface area contributed by atoms with E-state index in [0.717, 1.165) is 50.7 Å². The van der Waals surface area contributed by atoms with E-state index >= 15 is 0 Å². The van der Waals surface area contributed by atoms with Gasteiger partial charge in [-0.3, -0.25) is 4.99 Å². The molecule has 0 aliphatic rings. The van der Waals surface area contributed by atoms with Crippen LogP contribution in [0.15, 0.2) is 27.8 Å². The van der Waals surface area contributed by atoms with Gasteiger partial charge >= 0.3 is 0 Å². The Morgan fingerprint density at radius 1 is 1.29 bits per heavy atom. The van der Waals surface area contributed by atoms with Crippen LogP contribution in [0, 0.1) is 0 Å². The lowest BCUT2D eigenvalue weighted by Crippen LogP contribution is -2.42. The van der Waals surface area contributed by atoms with Crippen LogP contribution in [0.3, 0.4) is 0 Å². The molecule has 0 amide bonds. The molecular weight excluding hydrogens is 415 g/mol. The molecule has 24 heavy (non-hydrogen) atoms. The molecule has 0 aromatic carbocycles. The van der Waals surface area contributed by atoms with Gasteiger partial charge in [-0.2, -0.15) is 0 Å². The van der Waals surface area contributed by atoms with Gasteiger partial charge in [0.05, 0.1) is 6.26 Å². The first-order valence-electron chi connectivity index (χ1n) is 8.99. The van der Waals surface area contributed by atoms with E-state index in [0.29, 0.717) is 6.04 Å². The highest BCUT2D eigenvalue weighted by Crippen LogP contribution is 2.02. The van der Waals surface area contributed by atoms with Crippen LogP contribution in [0.4, 0.5) is 0 Å². The van der Waals surface area contributed by atoms with Crippen LogP contribution in [0.2, 0.25) is 0 Å². The van der Waals surface area contributed by atoms with Crippen LogP contribution in [-0.4, -0.2) is 49.6 Å².